The Balaban J connectivity index is 1.70. The molecule has 0 saturated carbocycles. The SMILES string of the molecule is CC(C)(C)N(CC1CCN(CC[C@H](c2ccc(S(C)(=O)=O)cc2)c2cc(F)cc(F)c2)CC1)C(=O)O. The summed E-state index contributed by atoms with van der Waals surface area (Å²) in [6, 6.07) is 9.99. The molecule has 1 fully saturated rings. The Morgan fingerprint density at radius 1 is 1.06 bits per heavy atom. The third-order valence-electron chi connectivity index (χ3n) is 6.92. The molecule has 3 rings (SSSR count). The van der Waals surface area contributed by atoms with Crippen LogP contribution >= 0.6 is 0 Å². The highest BCUT2D eigenvalue weighted by Crippen LogP contribution is 2.31. The molecule has 1 saturated heterocycles. The zero-order chi connectivity index (χ0) is 26.7. The molecule has 1 aliphatic heterocycles. The van der Waals surface area contributed by atoms with Gasteiger partial charge in [-0.15, -0.1) is 0 Å². The zero-order valence-corrected chi connectivity index (χ0v) is 22.2. The van der Waals surface area contributed by atoms with E-state index in [1.807, 2.05) is 20.8 Å². The molecule has 198 valence electrons. The largest absolute Gasteiger partial charge is 0.465 e. The number of carbonyl (C=O) groups is 1. The maximum absolute atomic E-state index is 14.0. The molecule has 1 amide bonds. The van der Waals surface area contributed by atoms with Gasteiger partial charge in [0.15, 0.2) is 9.84 Å². The highest BCUT2D eigenvalue weighted by Gasteiger charge is 2.30. The van der Waals surface area contributed by atoms with Gasteiger partial charge in [-0.05, 0) is 101 Å². The van der Waals surface area contributed by atoms with Crippen LogP contribution in [0.1, 0.15) is 57.1 Å². The van der Waals surface area contributed by atoms with E-state index in [1.54, 1.807) is 12.1 Å². The molecular formula is C27H36F2N2O4S. The van der Waals surface area contributed by atoms with Crippen molar-refractivity contribution in [3.05, 3.63) is 65.2 Å². The molecule has 2 aromatic rings. The monoisotopic (exact) mass is 522 g/mol. The predicted molar refractivity (Wildman–Crippen MR) is 136 cm³/mol. The van der Waals surface area contributed by atoms with Crippen LogP contribution in [-0.2, 0) is 9.84 Å². The minimum atomic E-state index is -3.35. The topological polar surface area (TPSA) is 77.9 Å². The lowest BCUT2D eigenvalue weighted by Gasteiger charge is -2.39. The lowest BCUT2D eigenvalue weighted by atomic mass is 9.87. The van der Waals surface area contributed by atoms with Crippen molar-refractivity contribution >= 4 is 15.9 Å². The quantitative estimate of drug-likeness (QED) is 0.504. The van der Waals surface area contributed by atoms with Crippen LogP contribution in [0.3, 0.4) is 0 Å². The summed E-state index contributed by atoms with van der Waals surface area (Å²) in [6.07, 6.45) is 2.60. The van der Waals surface area contributed by atoms with Crippen molar-refractivity contribution in [3.8, 4) is 0 Å². The fourth-order valence-electron chi connectivity index (χ4n) is 4.85. The van der Waals surface area contributed by atoms with Crippen LogP contribution in [0.4, 0.5) is 13.6 Å². The number of halogens is 2. The summed E-state index contributed by atoms with van der Waals surface area (Å²) in [5, 5.41) is 9.58. The number of carboxylic acid groups (broad SMARTS) is 1. The van der Waals surface area contributed by atoms with Crippen molar-refractivity contribution in [2.45, 2.75) is 56.4 Å². The van der Waals surface area contributed by atoms with Gasteiger partial charge in [0.05, 0.1) is 4.90 Å². The standard InChI is InChI=1S/C27H36F2N2O4S/c1-27(2,3)31(26(32)33)18-19-9-12-30(13-10-19)14-11-25(21-15-22(28)17-23(29)16-21)20-5-7-24(8-6-20)36(4,34)35/h5-8,15-17,19,25H,9-14,18H2,1-4H3,(H,32,33)/t25-/m1/s1. The number of hydrogen-bond donors (Lipinski definition) is 1. The minimum absolute atomic E-state index is 0.197. The van der Waals surface area contributed by atoms with Gasteiger partial charge in [-0.2, -0.15) is 0 Å². The Bertz CT molecular complexity index is 1140. The van der Waals surface area contributed by atoms with Crippen molar-refractivity contribution < 1.29 is 27.1 Å². The maximum atomic E-state index is 14.0. The Morgan fingerprint density at radius 3 is 2.08 bits per heavy atom. The van der Waals surface area contributed by atoms with E-state index in [-0.39, 0.29) is 16.7 Å². The molecule has 0 unspecified atom stereocenters. The van der Waals surface area contributed by atoms with E-state index in [0.717, 1.165) is 43.8 Å². The van der Waals surface area contributed by atoms with Crippen molar-refractivity contribution in [2.24, 2.45) is 5.92 Å². The second-order valence-corrected chi connectivity index (χ2v) is 12.7. The average Bonchev–Trinajstić information content (AvgIpc) is 2.76. The number of likely N-dealkylation sites (tertiary alicyclic amines) is 1. The molecule has 0 spiro atoms. The van der Waals surface area contributed by atoms with Gasteiger partial charge in [-0.25, -0.2) is 22.0 Å². The van der Waals surface area contributed by atoms with Gasteiger partial charge in [0, 0.05) is 30.3 Å². The van der Waals surface area contributed by atoms with Crippen LogP contribution in [0.2, 0.25) is 0 Å². The van der Waals surface area contributed by atoms with E-state index < -0.39 is 33.1 Å². The fraction of sp³-hybridized carbons (Fsp3) is 0.519. The van der Waals surface area contributed by atoms with Gasteiger partial charge in [0.25, 0.3) is 0 Å². The molecule has 1 aliphatic rings. The van der Waals surface area contributed by atoms with E-state index >= 15 is 0 Å². The predicted octanol–water partition coefficient (Wildman–Crippen LogP) is 5.38. The molecule has 0 aromatic heterocycles. The highest BCUT2D eigenvalue weighted by molar-refractivity contribution is 7.90. The van der Waals surface area contributed by atoms with Gasteiger partial charge < -0.3 is 14.9 Å². The fourth-order valence-corrected chi connectivity index (χ4v) is 5.48. The molecule has 1 heterocycles. The summed E-state index contributed by atoms with van der Waals surface area (Å²) in [6.45, 7) is 8.53. The highest BCUT2D eigenvalue weighted by atomic mass is 32.2. The molecular weight excluding hydrogens is 486 g/mol. The Hall–Kier alpha value is -2.52. The molecule has 0 aliphatic carbocycles. The third-order valence-corrected chi connectivity index (χ3v) is 8.05. The van der Waals surface area contributed by atoms with Crippen LogP contribution in [0.5, 0.6) is 0 Å². The van der Waals surface area contributed by atoms with E-state index in [4.69, 9.17) is 0 Å². The van der Waals surface area contributed by atoms with Crippen molar-refractivity contribution in [3.63, 3.8) is 0 Å². The second-order valence-electron chi connectivity index (χ2n) is 10.7. The van der Waals surface area contributed by atoms with Gasteiger partial charge in [-0.3, -0.25) is 0 Å². The first-order chi connectivity index (χ1) is 16.7. The third kappa shape index (κ3) is 7.49. The van der Waals surface area contributed by atoms with E-state index in [1.165, 1.54) is 29.2 Å². The smallest absolute Gasteiger partial charge is 0.407 e. The van der Waals surface area contributed by atoms with Gasteiger partial charge >= 0.3 is 6.09 Å². The number of hydrogen-bond acceptors (Lipinski definition) is 4. The molecule has 1 atom stereocenters. The first kappa shape index (κ1) is 28.1. The second kappa shape index (κ2) is 11.3. The summed E-state index contributed by atoms with van der Waals surface area (Å²) in [5.74, 6) is -1.31. The maximum Gasteiger partial charge on any atom is 0.407 e. The summed E-state index contributed by atoms with van der Waals surface area (Å²) in [7, 11) is -3.35. The molecule has 0 radical (unpaired) electrons. The summed E-state index contributed by atoms with van der Waals surface area (Å²) in [4.78, 5) is 15.7. The van der Waals surface area contributed by atoms with Gasteiger partial charge in [-0.1, -0.05) is 12.1 Å². The van der Waals surface area contributed by atoms with Crippen LogP contribution in [-0.4, -0.2) is 67.4 Å². The molecule has 36 heavy (non-hydrogen) atoms. The molecule has 9 heteroatoms. The summed E-state index contributed by atoms with van der Waals surface area (Å²) in [5.41, 5.74) is 0.852. The number of sulfone groups is 1. The lowest BCUT2D eigenvalue weighted by molar-refractivity contribution is 0.0739. The first-order valence-electron chi connectivity index (χ1n) is 12.2. The molecule has 2 aromatic carbocycles. The normalized spacial score (nSPS) is 16.6. The molecule has 1 N–H and O–H groups in total. The Kier molecular flexibility index (Phi) is 8.77. The van der Waals surface area contributed by atoms with Crippen molar-refractivity contribution in [1.82, 2.24) is 9.80 Å². The average molecular weight is 523 g/mol. The Labute approximate surface area is 212 Å². The van der Waals surface area contributed by atoms with Crippen molar-refractivity contribution in [2.75, 3.05) is 32.4 Å². The molecule has 6 nitrogen and oxygen atoms in total. The van der Waals surface area contributed by atoms with Crippen LogP contribution in [0, 0.1) is 17.6 Å². The van der Waals surface area contributed by atoms with Crippen LogP contribution in [0.25, 0.3) is 0 Å². The zero-order valence-electron chi connectivity index (χ0n) is 21.4. The number of amides is 1. The first-order valence-corrected chi connectivity index (χ1v) is 14.1. The van der Waals surface area contributed by atoms with Crippen LogP contribution < -0.4 is 0 Å². The Morgan fingerprint density at radius 2 is 1.61 bits per heavy atom. The number of nitrogens with zero attached hydrogens (tertiary/aromatic N) is 2. The van der Waals surface area contributed by atoms with Crippen LogP contribution in [0.15, 0.2) is 47.4 Å². The van der Waals surface area contributed by atoms with E-state index in [0.29, 0.717) is 25.1 Å². The number of piperidine rings is 1. The number of benzene rings is 2. The number of rotatable bonds is 8. The van der Waals surface area contributed by atoms with E-state index in [2.05, 4.69) is 4.90 Å². The van der Waals surface area contributed by atoms with E-state index in [9.17, 15) is 27.1 Å². The summed E-state index contributed by atoms with van der Waals surface area (Å²) < 4.78 is 51.8. The van der Waals surface area contributed by atoms with Crippen molar-refractivity contribution in [1.29, 1.82) is 0 Å². The lowest BCUT2D eigenvalue weighted by Crippen LogP contribution is -2.49. The minimum Gasteiger partial charge on any atom is -0.465 e. The van der Waals surface area contributed by atoms with Gasteiger partial charge in [0.2, 0.25) is 0 Å². The summed E-state index contributed by atoms with van der Waals surface area (Å²) >= 11 is 0. The van der Waals surface area contributed by atoms with Gasteiger partial charge in [0.1, 0.15) is 11.6 Å². The molecule has 0 bridgehead atoms.